The van der Waals surface area contributed by atoms with Crippen LogP contribution in [-0.4, -0.2) is 14.5 Å². The molecule has 0 atom stereocenters. The molecule has 0 radical (unpaired) electrons. The third-order valence-electron chi connectivity index (χ3n) is 3.87. The number of halogens is 1. The van der Waals surface area contributed by atoms with Crippen LogP contribution in [0.5, 0.6) is 0 Å². The molecule has 3 heterocycles. The van der Waals surface area contributed by atoms with E-state index in [9.17, 15) is 0 Å². The molecule has 0 aliphatic carbocycles. The van der Waals surface area contributed by atoms with Crippen molar-refractivity contribution in [2.24, 2.45) is 0 Å². The molecule has 1 aliphatic rings. The van der Waals surface area contributed by atoms with Gasteiger partial charge in [-0.05, 0) is 24.6 Å². The average molecular weight is 340 g/mol. The van der Waals surface area contributed by atoms with Gasteiger partial charge in [-0.1, -0.05) is 34.1 Å². The zero-order chi connectivity index (χ0) is 14.2. The van der Waals surface area contributed by atoms with E-state index in [-0.39, 0.29) is 0 Å². The molecule has 1 aromatic carbocycles. The fourth-order valence-corrected chi connectivity index (χ4v) is 3.34. The van der Waals surface area contributed by atoms with Gasteiger partial charge in [0.15, 0.2) is 0 Å². The smallest absolute Gasteiger partial charge is 0.109 e. The molecule has 1 aliphatic heterocycles. The Bertz CT molecular complexity index is 786. The minimum absolute atomic E-state index is 0.974. The van der Waals surface area contributed by atoms with E-state index in [0.717, 1.165) is 40.0 Å². The standard InChI is InChI=1S/C17H14BrN3/c18-14-7-2-1-5-12(14)17-13(6-3-9-19-17)15-11-21-10-4-8-16(21)20-15/h1-3,5-7,9,11H,4,8,10H2. The molecule has 2 aromatic heterocycles. The molecule has 0 amide bonds. The number of fused-ring (bicyclic) bond motifs is 1. The maximum Gasteiger partial charge on any atom is 0.109 e. The highest BCUT2D eigenvalue weighted by atomic mass is 79.9. The first-order valence-electron chi connectivity index (χ1n) is 7.09. The molecule has 3 aromatic rings. The van der Waals surface area contributed by atoms with Gasteiger partial charge in [-0.3, -0.25) is 4.98 Å². The SMILES string of the molecule is Brc1ccccc1-c1ncccc1-c1cn2c(n1)CCC2. The van der Waals surface area contributed by atoms with Gasteiger partial charge in [0.25, 0.3) is 0 Å². The number of hydrogen-bond acceptors (Lipinski definition) is 2. The molecule has 3 nitrogen and oxygen atoms in total. The van der Waals surface area contributed by atoms with E-state index in [1.807, 2.05) is 30.5 Å². The van der Waals surface area contributed by atoms with Crippen LogP contribution >= 0.6 is 15.9 Å². The quantitative estimate of drug-likeness (QED) is 0.696. The summed E-state index contributed by atoms with van der Waals surface area (Å²) in [6.07, 6.45) is 6.26. The maximum atomic E-state index is 4.78. The summed E-state index contributed by atoms with van der Waals surface area (Å²) in [5.41, 5.74) is 4.18. The second kappa shape index (κ2) is 5.11. The number of hydrogen-bond donors (Lipinski definition) is 0. The van der Waals surface area contributed by atoms with Crippen LogP contribution in [0.15, 0.2) is 53.3 Å². The van der Waals surface area contributed by atoms with Gasteiger partial charge in [-0.25, -0.2) is 4.98 Å². The Kier molecular flexibility index (Phi) is 3.11. The van der Waals surface area contributed by atoms with Crippen molar-refractivity contribution in [1.29, 1.82) is 0 Å². The van der Waals surface area contributed by atoms with Crippen molar-refractivity contribution in [1.82, 2.24) is 14.5 Å². The van der Waals surface area contributed by atoms with E-state index >= 15 is 0 Å². The fraction of sp³-hybridized carbons (Fsp3) is 0.176. The fourth-order valence-electron chi connectivity index (χ4n) is 2.86. The Balaban J connectivity index is 1.88. The average Bonchev–Trinajstić information content (AvgIpc) is 3.09. The highest BCUT2D eigenvalue weighted by molar-refractivity contribution is 9.10. The van der Waals surface area contributed by atoms with E-state index in [0.29, 0.717) is 0 Å². The lowest BCUT2D eigenvalue weighted by molar-refractivity contribution is 0.750. The summed E-state index contributed by atoms with van der Waals surface area (Å²) >= 11 is 3.62. The van der Waals surface area contributed by atoms with Gasteiger partial charge in [0, 0.05) is 41.0 Å². The van der Waals surface area contributed by atoms with Crippen molar-refractivity contribution in [3.8, 4) is 22.5 Å². The van der Waals surface area contributed by atoms with Crippen LogP contribution in [0.4, 0.5) is 0 Å². The largest absolute Gasteiger partial charge is 0.334 e. The summed E-state index contributed by atoms with van der Waals surface area (Å²) in [6.45, 7) is 1.08. The van der Waals surface area contributed by atoms with Crippen LogP contribution in [0, 0.1) is 0 Å². The molecule has 4 heteroatoms. The number of benzene rings is 1. The highest BCUT2D eigenvalue weighted by Crippen LogP contribution is 2.34. The molecule has 21 heavy (non-hydrogen) atoms. The molecule has 0 fully saturated rings. The van der Waals surface area contributed by atoms with Crippen molar-refractivity contribution in [2.75, 3.05) is 0 Å². The normalized spacial score (nSPS) is 13.4. The Morgan fingerprint density at radius 2 is 1.90 bits per heavy atom. The predicted octanol–water partition coefficient (Wildman–Crippen LogP) is 4.32. The summed E-state index contributed by atoms with van der Waals surface area (Å²) in [4.78, 5) is 9.37. The first kappa shape index (κ1) is 12.8. The lowest BCUT2D eigenvalue weighted by Crippen LogP contribution is -1.91. The van der Waals surface area contributed by atoms with Crippen LogP contribution in [0.2, 0.25) is 0 Å². The Hall–Kier alpha value is -1.94. The lowest BCUT2D eigenvalue weighted by Gasteiger charge is -2.08. The van der Waals surface area contributed by atoms with Crippen LogP contribution in [0.1, 0.15) is 12.2 Å². The van der Waals surface area contributed by atoms with Crippen LogP contribution < -0.4 is 0 Å². The molecule has 4 rings (SSSR count). The van der Waals surface area contributed by atoms with E-state index < -0.39 is 0 Å². The van der Waals surface area contributed by atoms with Crippen LogP contribution in [0.25, 0.3) is 22.5 Å². The van der Waals surface area contributed by atoms with Gasteiger partial charge < -0.3 is 4.57 Å². The van der Waals surface area contributed by atoms with Gasteiger partial charge in [-0.15, -0.1) is 0 Å². The summed E-state index contributed by atoms with van der Waals surface area (Å²) in [5, 5.41) is 0. The molecule has 104 valence electrons. The number of aromatic nitrogens is 3. The van der Waals surface area contributed by atoms with E-state index in [4.69, 9.17) is 4.98 Å². The summed E-state index contributed by atoms with van der Waals surface area (Å²) in [7, 11) is 0. The summed E-state index contributed by atoms with van der Waals surface area (Å²) in [6, 6.07) is 12.2. The molecule has 0 N–H and O–H groups in total. The van der Waals surface area contributed by atoms with Crippen LogP contribution in [-0.2, 0) is 13.0 Å². The zero-order valence-corrected chi connectivity index (χ0v) is 13.0. The Labute approximate surface area is 131 Å². The van der Waals surface area contributed by atoms with Gasteiger partial charge in [0.05, 0.1) is 11.4 Å². The van der Waals surface area contributed by atoms with Gasteiger partial charge in [-0.2, -0.15) is 0 Å². The van der Waals surface area contributed by atoms with E-state index in [2.05, 4.69) is 43.8 Å². The van der Waals surface area contributed by atoms with Crippen molar-refractivity contribution in [2.45, 2.75) is 19.4 Å². The third-order valence-corrected chi connectivity index (χ3v) is 4.56. The van der Waals surface area contributed by atoms with E-state index in [1.54, 1.807) is 0 Å². The monoisotopic (exact) mass is 339 g/mol. The minimum Gasteiger partial charge on any atom is -0.334 e. The second-order valence-electron chi connectivity index (χ2n) is 5.22. The van der Waals surface area contributed by atoms with Gasteiger partial charge in [0.2, 0.25) is 0 Å². The molecular formula is C17H14BrN3. The van der Waals surface area contributed by atoms with E-state index in [1.165, 1.54) is 12.2 Å². The number of pyridine rings is 1. The lowest BCUT2D eigenvalue weighted by atomic mass is 10.0. The molecule has 0 unspecified atom stereocenters. The number of aryl methyl sites for hydroxylation is 2. The Morgan fingerprint density at radius 3 is 2.76 bits per heavy atom. The third kappa shape index (κ3) is 2.20. The molecular weight excluding hydrogens is 326 g/mol. The minimum atomic E-state index is 0.974. The molecule has 0 saturated heterocycles. The van der Waals surface area contributed by atoms with Crippen molar-refractivity contribution < 1.29 is 0 Å². The topological polar surface area (TPSA) is 30.7 Å². The maximum absolute atomic E-state index is 4.78. The predicted molar refractivity (Wildman–Crippen MR) is 86.9 cm³/mol. The second-order valence-corrected chi connectivity index (χ2v) is 6.07. The number of nitrogens with zero attached hydrogens (tertiary/aromatic N) is 3. The van der Waals surface area contributed by atoms with Crippen molar-refractivity contribution in [3.05, 3.63) is 59.1 Å². The first-order valence-corrected chi connectivity index (χ1v) is 7.88. The summed E-state index contributed by atoms with van der Waals surface area (Å²) in [5.74, 6) is 1.19. The van der Waals surface area contributed by atoms with Crippen LogP contribution in [0.3, 0.4) is 0 Å². The number of rotatable bonds is 2. The number of imidazole rings is 1. The van der Waals surface area contributed by atoms with Gasteiger partial charge >= 0.3 is 0 Å². The van der Waals surface area contributed by atoms with Gasteiger partial charge in [0.1, 0.15) is 5.82 Å². The highest BCUT2D eigenvalue weighted by Gasteiger charge is 2.18. The molecule has 0 spiro atoms. The first-order chi connectivity index (χ1) is 10.3. The van der Waals surface area contributed by atoms with Crippen molar-refractivity contribution in [3.63, 3.8) is 0 Å². The Morgan fingerprint density at radius 1 is 1.05 bits per heavy atom. The van der Waals surface area contributed by atoms with Crippen molar-refractivity contribution >= 4 is 15.9 Å². The summed E-state index contributed by atoms with van der Waals surface area (Å²) < 4.78 is 3.31. The molecule has 0 bridgehead atoms. The molecule has 0 saturated carbocycles. The zero-order valence-electron chi connectivity index (χ0n) is 11.5.